The van der Waals surface area contributed by atoms with Crippen molar-refractivity contribution >= 4 is 17.6 Å². The summed E-state index contributed by atoms with van der Waals surface area (Å²) in [5.74, 6) is 0.331. The standard InChI is InChI=1S/C21H23NO4/c1-3-4-13-26-20(23)14-19-17-7-5-6-8-18(17)21(24)22(19)15-9-11-16(25-2)12-10-15/h5-12,19H,3-4,13-14H2,1-2H3. The number of ether oxygens (including phenoxy) is 2. The van der Waals surface area contributed by atoms with Gasteiger partial charge in [-0.3, -0.25) is 9.59 Å². The largest absolute Gasteiger partial charge is 0.497 e. The highest BCUT2D eigenvalue weighted by molar-refractivity contribution is 6.11. The third-order valence-corrected chi connectivity index (χ3v) is 4.55. The number of anilines is 1. The van der Waals surface area contributed by atoms with Crippen LogP contribution in [0.3, 0.4) is 0 Å². The lowest BCUT2D eigenvalue weighted by Crippen LogP contribution is -2.29. The molecule has 1 amide bonds. The molecule has 1 heterocycles. The first-order chi connectivity index (χ1) is 12.7. The molecule has 0 N–H and O–H groups in total. The fourth-order valence-corrected chi connectivity index (χ4v) is 3.18. The summed E-state index contributed by atoms with van der Waals surface area (Å²) in [6, 6.07) is 14.4. The van der Waals surface area contributed by atoms with Crippen molar-refractivity contribution in [1.29, 1.82) is 0 Å². The van der Waals surface area contributed by atoms with Crippen LogP contribution in [0.1, 0.15) is 48.1 Å². The summed E-state index contributed by atoms with van der Waals surface area (Å²) in [7, 11) is 1.60. The van der Waals surface area contributed by atoms with Crippen LogP contribution in [0.5, 0.6) is 5.75 Å². The van der Waals surface area contributed by atoms with Crippen molar-refractivity contribution in [2.24, 2.45) is 0 Å². The average Bonchev–Trinajstić information content (AvgIpc) is 2.94. The molecule has 1 unspecified atom stereocenters. The maximum atomic E-state index is 12.9. The highest BCUT2D eigenvalue weighted by atomic mass is 16.5. The molecule has 3 rings (SSSR count). The normalized spacial score (nSPS) is 15.7. The Balaban J connectivity index is 1.88. The van der Waals surface area contributed by atoms with E-state index in [1.807, 2.05) is 49.4 Å². The van der Waals surface area contributed by atoms with Crippen LogP contribution in [0.15, 0.2) is 48.5 Å². The molecule has 0 saturated carbocycles. The molecule has 0 radical (unpaired) electrons. The molecule has 0 fully saturated rings. The van der Waals surface area contributed by atoms with E-state index in [2.05, 4.69) is 0 Å². The summed E-state index contributed by atoms with van der Waals surface area (Å²) >= 11 is 0. The van der Waals surface area contributed by atoms with Crippen LogP contribution >= 0.6 is 0 Å². The van der Waals surface area contributed by atoms with Crippen LogP contribution < -0.4 is 9.64 Å². The summed E-state index contributed by atoms with van der Waals surface area (Å²) < 4.78 is 10.5. The molecule has 0 spiro atoms. The van der Waals surface area contributed by atoms with Gasteiger partial charge in [0.05, 0.1) is 26.2 Å². The van der Waals surface area contributed by atoms with E-state index in [1.54, 1.807) is 18.1 Å². The number of fused-ring (bicyclic) bond motifs is 1. The number of unbranched alkanes of at least 4 members (excludes halogenated alkanes) is 1. The van der Waals surface area contributed by atoms with Gasteiger partial charge in [-0.2, -0.15) is 0 Å². The number of carbonyl (C=O) groups is 2. The third kappa shape index (κ3) is 3.57. The highest BCUT2D eigenvalue weighted by Gasteiger charge is 2.38. The lowest BCUT2D eigenvalue weighted by Gasteiger charge is -2.25. The predicted molar refractivity (Wildman–Crippen MR) is 99.5 cm³/mol. The maximum absolute atomic E-state index is 12.9. The summed E-state index contributed by atoms with van der Waals surface area (Å²) in [5.41, 5.74) is 2.23. The minimum Gasteiger partial charge on any atom is -0.497 e. The molecule has 2 aromatic carbocycles. The Hall–Kier alpha value is -2.82. The van der Waals surface area contributed by atoms with Crippen molar-refractivity contribution in [2.45, 2.75) is 32.2 Å². The van der Waals surface area contributed by atoms with Crippen LogP contribution in [0, 0.1) is 0 Å². The van der Waals surface area contributed by atoms with Crippen LogP contribution in [-0.2, 0) is 9.53 Å². The van der Waals surface area contributed by atoms with E-state index in [-0.39, 0.29) is 24.3 Å². The quantitative estimate of drug-likeness (QED) is 0.555. The Labute approximate surface area is 153 Å². The topological polar surface area (TPSA) is 55.8 Å². The molecule has 0 aromatic heterocycles. The molecule has 0 aliphatic carbocycles. The maximum Gasteiger partial charge on any atom is 0.308 e. The number of benzene rings is 2. The Bertz CT molecular complexity index is 785. The fourth-order valence-electron chi connectivity index (χ4n) is 3.18. The van der Waals surface area contributed by atoms with Gasteiger partial charge >= 0.3 is 5.97 Å². The molecule has 136 valence electrons. The van der Waals surface area contributed by atoms with Gasteiger partial charge in [-0.25, -0.2) is 0 Å². The number of rotatable bonds is 7. The van der Waals surface area contributed by atoms with Gasteiger partial charge in [0.1, 0.15) is 5.75 Å². The number of carbonyl (C=O) groups excluding carboxylic acids is 2. The predicted octanol–water partition coefficient (Wildman–Crippen LogP) is 4.13. The van der Waals surface area contributed by atoms with E-state index < -0.39 is 0 Å². The highest BCUT2D eigenvalue weighted by Crippen LogP contribution is 2.39. The van der Waals surface area contributed by atoms with Crippen molar-refractivity contribution in [2.75, 3.05) is 18.6 Å². The Kier molecular flexibility index (Phi) is 5.56. The minimum absolute atomic E-state index is 0.0999. The molecule has 1 aliphatic heterocycles. The first kappa shape index (κ1) is 18.0. The number of esters is 1. The van der Waals surface area contributed by atoms with Crippen LogP contribution in [0.25, 0.3) is 0 Å². The summed E-state index contributed by atoms with van der Waals surface area (Å²) in [6.45, 7) is 2.46. The van der Waals surface area contributed by atoms with Crippen LogP contribution in [-0.4, -0.2) is 25.6 Å². The van der Waals surface area contributed by atoms with E-state index in [4.69, 9.17) is 9.47 Å². The molecular weight excluding hydrogens is 330 g/mol. The number of methoxy groups -OCH3 is 1. The summed E-state index contributed by atoms with van der Waals surface area (Å²) in [5, 5.41) is 0. The molecule has 1 aliphatic rings. The first-order valence-corrected chi connectivity index (χ1v) is 8.88. The van der Waals surface area contributed by atoms with Gasteiger partial charge in [-0.1, -0.05) is 31.5 Å². The van der Waals surface area contributed by atoms with Gasteiger partial charge in [0, 0.05) is 11.3 Å². The van der Waals surface area contributed by atoms with Gasteiger partial charge in [0.2, 0.25) is 0 Å². The number of nitrogens with zero attached hydrogens (tertiary/aromatic N) is 1. The smallest absolute Gasteiger partial charge is 0.308 e. The van der Waals surface area contributed by atoms with E-state index in [9.17, 15) is 9.59 Å². The van der Waals surface area contributed by atoms with Gasteiger partial charge in [-0.15, -0.1) is 0 Å². The van der Waals surface area contributed by atoms with Crippen molar-refractivity contribution in [1.82, 2.24) is 0 Å². The molecule has 2 aromatic rings. The molecule has 5 nitrogen and oxygen atoms in total. The molecule has 26 heavy (non-hydrogen) atoms. The molecule has 0 bridgehead atoms. The van der Waals surface area contributed by atoms with Gasteiger partial charge in [-0.05, 0) is 42.3 Å². The number of amides is 1. The second-order valence-electron chi connectivity index (χ2n) is 6.25. The zero-order chi connectivity index (χ0) is 18.5. The Morgan fingerprint density at radius 1 is 1.12 bits per heavy atom. The van der Waals surface area contributed by atoms with Crippen molar-refractivity contribution in [3.63, 3.8) is 0 Å². The van der Waals surface area contributed by atoms with E-state index in [0.717, 1.165) is 24.1 Å². The van der Waals surface area contributed by atoms with Crippen LogP contribution in [0.4, 0.5) is 5.69 Å². The third-order valence-electron chi connectivity index (χ3n) is 4.55. The zero-order valence-electron chi connectivity index (χ0n) is 15.1. The second-order valence-corrected chi connectivity index (χ2v) is 6.25. The lowest BCUT2D eigenvalue weighted by molar-refractivity contribution is -0.144. The molecule has 1 atom stereocenters. The Morgan fingerprint density at radius 3 is 2.54 bits per heavy atom. The van der Waals surface area contributed by atoms with E-state index in [0.29, 0.717) is 17.9 Å². The average molecular weight is 353 g/mol. The summed E-state index contributed by atoms with van der Waals surface area (Å²) in [6.07, 6.45) is 1.95. The van der Waals surface area contributed by atoms with E-state index in [1.165, 1.54) is 0 Å². The van der Waals surface area contributed by atoms with Crippen LogP contribution in [0.2, 0.25) is 0 Å². The zero-order valence-corrected chi connectivity index (χ0v) is 15.1. The Morgan fingerprint density at radius 2 is 1.85 bits per heavy atom. The van der Waals surface area contributed by atoms with Gasteiger partial charge in [0.25, 0.3) is 5.91 Å². The summed E-state index contributed by atoms with van der Waals surface area (Å²) in [4.78, 5) is 26.9. The van der Waals surface area contributed by atoms with Crippen molar-refractivity contribution in [3.05, 3.63) is 59.7 Å². The molecule has 5 heteroatoms. The first-order valence-electron chi connectivity index (χ1n) is 8.88. The number of hydrogen-bond acceptors (Lipinski definition) is 4. The van der Waals surface area contributed by atoms with Crippen molar-refractivity contribution < 1.29 is 19.1 Å². The fraction of sp³-hybridized carbons (Fsp3) is 0.333. The van der Waals surface area contributed by atoms with E-state index >= 15 is 0 Å². The van der Waals surface area contributed by atoms with Gasteiger partial charge in [0.15, 0.2) is 0 Å². The second kappa shape index (κ2) is 8.04. The monoisotopic (exact) mass is 353 g/mol. The molecule has 0 saturated heterocycles. The molecular formula is C21H23NO4. The lowest BCUT2D eigenvalue weighted by atomic mass is 10.0. The SMILES string of the molecule is CCCCOC(=O)CC1c2ccccc2C(=O)N1c1ccc(OC)cc1. The number of hydrogen-bond donors (Lipinski definition) is 0. The van der Waals surface area contributed by atoms with Gasteiger partial charge < -0.3 is 14.4 Å². The minimum atomic E-state index is -0.360. The van der Waals surface area contributed by atoms with Crippen molar-refractivity contribution in [3.8, 4) is 5.75 Å².